The summed E-state index contributed by atoms with van der Waals surface area (Å²) in [5.41, 5.74) is 2.61. The van der Waals surface area contributed by atoms with Crippen molar-refractivity contribution in [1.82, 2.24) is 10.0 Å². The van der Waals surface area contributed by atoms with Crippen molar-refractivity contribution in [1.29, 1.82) is 0 Å². The maximum absolute atomic E-state index is 12.7. The van der Waals surface area contributed by atoms with Crippen LogP contribution in [-0.2, 0) is 4.84 Å². The van der Waals surface area contributed by atoms with Crippen molar-refractivity contribution in [2.45, 2.75) is 13.8 Å². The van der Waals surface area contributed by atoms with Crippen molar-refractivity contribution in [2.75, 3.05) is 0 Å². The number of aromatic nitrogens is 1. The van der Waals surface area contributed by atoms with Gasteiger partial charge in [-0.3, -0.25) is 14.6 Å². The quantitative estimate of drug-likeness (QED) is 0.666. The smallest absolute Gasteiger partial charge is 0.324 e. The van der Waals surface area contributed by atoms with Gasteiger partial charge in [0.05, 0.1) is 27.9 Å². The maximum atomic E-state index is 12.7. The second-order valence-corrected chi connectivity index (χ2v) is 6.04. The number of fused-ring (bicyclic) bond motifs is 2. The summed E-state index contributed by atoms with van der Waals surface area (Å²) < 4.78 is 0. The Hall–Kier alpha value is -3.54. The monoisotopic (exact) mass is 346 g/mol. The number of hydrogen-bond donors (Lipinski definition) is 0. The molecule has 0 atom stereocenters. The van der Waals surface area contributed by atoms with E-state index in [1.807, 2.05) is 24.3 Å². The fourth-order valence-electron chi connectivity index (χ4n) is 3.21. The lowest BCUT2D eigenvalue weighted by molar-refractivity contribution is -0.0585. The molecule has 26 heavy (non-hydrogen) atoms. The SMILES string of the molecule is Cc1nc2ccccc2c(C)c1C(=O)ON1C(=O)c2ccccc2C1=O. The van der Waals surface area contributed by atoms with Crippen LogP contribution in [0.15, 0.2) is 48.5 Å². The highest BCUT2D eigenvalue weighted by molar-refractivity contribution is 6.21. The Morgan fingerprint density at radius 1 is 0.923 bits per heavy atom. The van der Waals surface area contributed by atoms with Gasteiger partial charge in [-0.1, -0.05) is 35.4 Å². The number of hydrogen-bond acceptors (Lipinski definition) is 5. The van der Waals surface area contributed by atoms with Gasteiger partial charge in [0.25, 0.3) is 11.8 Å². The summed E-state index contributed by atoms with van der Waals surface area (Å²) >= 11 is 0. The zero-order chi connectivity index (χ0) is 18.4. The lowest BCUT2D eigenvalue weighted by atomic mass is 10.0. The van der Waals surface area contributed by atoms with Crippen LogP contribution in [0.4, 0.5) is 0 Å². The molecule has 3 aromatic rings. The molecular formula is C20H14N2O4. The van der Waals surface area contributed by atoms with Gasteiger partial charge in [0.15, 0.2) is 0 Å². The van der Waals surface area contributed by atoms with Gasteiger partial charge in [0, 0.05) is 5.39 Å². The number of aryl methyl sites for hydroxylation is 2. The summed E-state index contributed by atoms with van der Waals surface area (Å²) in [5, 5.41) is 1.33. The molecule has 0 radical (unpaired) electrons. The summed E-state index contributed by atoms with van der Waals surface area (Å²) in [7, 11) is 0. The molecule has 2 amide bonds. The van der Waals surface area contributed by atoms with Crippen LogP contribution < -0.4 is 0 Å². The highest BCUT2D eigenvalue weighted by atomic mass is 16.7. The van der Waals surface area contributed by atoms with E-state index >= 15 is 0 Å². The molecule has 0 unspecified atom stereocenters. The van der Waals surface area contributed by atoms with Gasteiger partial charge in [0.1, 0.15) is 0 Å². The first-order valence-electron chi connectivity index (χ1n) is 8.05. The number of hydroxylamine groups is 2. The first-order valence-corrected chi connectivity index (χ1v) is 8.05. The minimum Gasteiger partial charge on any atom is -0.324 e. The van der Waals surface area contributed by atoms with E-state index in [9.17, 15) is 14.4 Å². The molecule has 1 aliphatic rings. The van der Waals surface area contributed by atoms with Crippen molar-refractivity contribution < 1.29 is 19.2 Å². The van der Waals surface area contributed by atoms with Crippen LogP contribution in [0.5, 0.6) is 0 Å². The third-order valence-electron chi connectivity index (χ3n) is 4.47. The van der Waals surface area contributed by atoms with E-state index in [0.717, 1.165) is 10.9 Å². The number of para-hydroxylation sites is 1. The standard InChI is InChI=1S/C20H14N2O4/c1-11-13-7-5-6-10-16(13)21-12(2)17(11)20(25)26-22-18(23)14-8-3-4-9-15(14)19(22)24/h3-10H,1-2H3. The van der Waals surface area contributed by atoms with E-state index in [4.69, 9.17) is 4.84 Å². The average molecular weight is 346 g/mol. The van der Waals surface area contributed by atoms with Gasteiger partial charge in [-0.05, 0) is 37.6 Å². The number of amides is 2. The van der Waals surface area contributed by atoms with Crippen LogP contribution in [0.25, 0.3) is 10.9 Å². The van der Waals surface area contributed by atoms with Crippen molar-refractivity contribution >= 4 is 28.7 Å². The Labute approximate surface area is 149 Å². The summed E-state index contributed by atoms with van der Waals surface area (Å²) in [5.74, 6) is -2.08. The van der Waals surface area contributed by atoms with Crippen molar-refractivity contribution in [3.63, 3.8) is 0 Å². The number of carbonyl (C=O) groups is 3. The Bertz CT molecular complexity index is 1070. The third-order valence-corrected chi connectivity index (χ3v) is 4.47. The van der Waals surface area contributed by atoms with E-state index in [1.54, 1.807) is 26.0 Å². The van der Waals surface area contributed by atoms with Gasteiger partial charge in [0.2, 0.25) is 0 Å². The fourth-order valence-corrected chi connectivity index (χ4v) is 3.21. The minimum absolute atomic E-state index is 0.218. The normalized spacial score (nSPS) is 13.2. The largest absolute Gasteiger partial charge is 0.366 e. The summed E-state index contributed by atoms with van der Waals surface area (Å²) in [4.78, 5) is 47.0. The van der Waals surface area contributed by atoms with Crippen LogP contribution in [0.3, 0.4) is 0 Å². The molecule has 1 aliphatic heterocycles. The molecule has 0 saturated carbocycles. The summed E-state index contributed by atoms with van der Waals surface area (Å²) in [6.45, 7) is 3.48. The molecule has 0 spiro atoms. The highest BCUT2D eigenvalue weighted by Gasteiger charge is 2.39. The first kappa shape index (κ1) is 16.0. The summed E-state index contributed by atoms with van der Waals surface area (Å²) in [6.07, 6.45) is 0. The van der Waals surface area contributed by atoms with Crippen molar-refractivity contribution in [3.8, 4) is 0 Å². The number of rotatable bonds is 2. The van der Waals surface area contributed by atoms with Crippen molar-refractivity contribution in [3.05, 3.63) is 76.5 Å². The average Bonchev–Trinajstić information content (AvgIpc) is 2.87. The predicted molar refractivity (Wildman–Crippen MR) is 93.6 cm³/mol. The number of imide groups is 1. The molecule has 0 fully saturated rings. The Morgan fingerprint density at radius 3 is 2.15 bits per heavy atom. The molecule has 6 heteroatoms. The van der Waals surface area contributed by atoms with Crippen LogP contribution in [0.1, 0.15) is 42.3 Å². The highest BCUT2D eigenvalue weighted by Crippen LogP contribution is 2.26. The van der Waals surface area contributed by atoms with E-state index in [2.05, 4.69) is 4.98 Å². The first-order chi connectivity index (χ1) is 12.5. The number of nitrogens with zero attached hydrogens (tertiary/aromatic N) is 2. The van der Waals surface area contributed by atoms with Crippen LogP contribution in [-0.4, -0.2) is 27.8 Å². The van der Waals surface area contributed by atoms with Crippen LogP contribution in [0, 0.1) is 13.8 Å². The molecular weight excluding hydrogens is 332 g/mol. The van der Waals surface area contributed by atoms with Crippen molar-refractivity contribution in [2.24, 2.45) is 0 Å². The second-order valence-electron chi connectivity index (χ2n) is 6.04. The van der Waals surface area contributed by atoms with E-state index < -0.39 is 17.8 Å². The van der Waals surface area contributed by atoms with Gasteiger partial charge in [-0.15, -0.1) is 0 Å². The van der Waals surface area contributed by atoms with Gasteiger partial charge in [-0.25, -0.2) is 4.79 Å². The Morgan fingerprint density at radius 2 is 1.50 bits per heavy atom. The summed E-state index contributed by atoms with van der Waals surface area (Å²) in [6, 6.07) is 13.8. The maximum Gasteiger partial charge on any atom is 0.366 e. The van der Waals surface area contributed by atoms with Gasteiger partial charge in [-0.2, -0.15) is 0 Å². The zero-order valence-corrected chi connectivity index (χ0v) is 14.1. The fraction of sp³-hybridized carbons (Fsp3) is 0.100. The molecule has 0 N–H and O–H groups in total. The van der Waals surface area contributed by atoms with Crippen LogP contribution >= 0.6 is 0 Å². The van der Waals surface area contributed by atoms with E-state index in [1.165, 1.54) is 12.1 Å². The lowest BCUT2D eigenvalue weighted by Gasteiger charge is -2.15. The van der Waals surface area contributed by atoms with E-state index in [0.29, 0.717) is 16.3 Å². The lowest BCUT2D eigenvalue weighted by Crippen LogP contribution is -2.33. The minimum atomic E-state index is -0.784. The molecule has 128 valence electrons. The number of pyridine rings is 1. The Kier molecular flexibility index (Phi) is 3.54. The molecule has 1 aromatic heterocycles. The molecule has 0 saturated heterocycles. The van der Waals surface area contributed by atoms with Gasteiger partial charge < -0.3 is 4.84 Å². The molecule has 4 rings (SSSR count). The molecule has 0 aliphatic carbocycles. The topological polar surface area (TPSA) is 76.6 Å². The predicted octanol–water partition coefficient (Wildman–Crippen LogP) is 3.22. The van der Waals surface area contributed by atoms with Gasteiger partial charge >= 0.3 is 5.97 Å². The second kappa shape index (κ2) is 5.77. The number of benzene rings is 2. The third kappa shape index (κ3) is 2.27. The Balaban J connectivity index is 1.71. The van der Waals surface area contributed by atoms with Crippen LogP contribution in [0.2, 0.25) is 0 Å². The molecule has 2 aromatic carbocycles. The number of carbonyl (C=O) groups excluding carboxylic acids is 3. The zero-order valence-electron chi connectivity index (χ0n) is 14.1. The van der Waals surface area contributed by atoms with E-state index in [-0.39, 0.29) is 16.7 Å². The molecule has 2 heterocycles. The molecule has 6 nitrogen and oxygen atoms in total. The molecule has 0 bridgehead atoms.